The van der Waals surface area contributed by atoms with Crippen molar-refractivity contribution >= 4 is 23.0 Å². The van der Waals surface area contributed by atoms with Gasteiger partial charge in [-0.3, -0.25) is 9.63 Å². The lowest BCUT2D eigenvalue weighted by atomic mass is 9.80. The summed E-state index contributed by atoms with van der Waals surface area (Å²) >= 11 is 0. The molecule has 2 amide bonds. The van der Waals surface area contributed by atoms with Crippen molar-refractivity contribution in [2.45, 2.75) is 71.2 Å². The lowest BCUT2D eigenvalue weighted by molar-refractivity contribution is -0.145. The van der Waals surface area contributed by atoms with Crippen molar-refractivity contribution in [1.29, 1.82) is 0 Å². The fourth-order valence-corrected chi connectivity index (χ4v) is 6.50. The number of carbonyl (C=O) groups excluding carboxylic acids is 2. The van der Waals surface area contributed by atoms with E-state index in [1.54, 1.807) is 20.8 Å². The molecule has 0 radical (unpaired) electrons. The maximum absolute atomic E-state index is 14.3. The lowest BCUT2D eigenvalue weighted by Crippen LogP contribution is -2.50. The van der Waals surface area contributed by atoms with E-state index in [4.69, 9.17) is 14.6 Å². The van der Waals surface area contributed by atoms with Gasteiger partial charge >= 0.3 is 6.09 Å². The van der Waals surface area contributed by atoms with Crippen LogP contribution in [0, 0.1) is 25.5 Å². The first-order valence-corrected chi connectivity index (χ1v) is 17.9. The van der Waals surface area contributed by atoms with E-state index in [9.17, 15) is 18.4 Å². The number of rotatable bonds is 12. The number of alkyl carbamates (subject to hydrolysis) is 1. The molecule has 1 unspecified atom stereocenters. The van der Waals surface area contributed by atoms with Crippen molar-refractivity contribution in [3.8, 4) is 0 Å². The molecule has 10 heteroatoms. The van der Waals surface area contributed by atoms with Gasteiger partial charge < -0.3 is 14.6 Å². The smallest absolute Gasteiger partial charge is 0.408 e. The van der Waals surface area contributed by atoms with Gasteiger partial charge in [0.25, 0.3) is 5.91 Å². The Balaban J connectivity index is 1.35. The first kappa shape index (κ1) is 37.9. The zero-order valence-corrected chi connectivity index (χ0v) is 31.0. The van der Waals surface area contributed by atoms with Gasteiger partial charge in [-0.05, 0) is 98.7 Å². The molecule has 278 valence electrons. The second-order valence-corrected chi connectivity index (χ2v) is 14.4. The summed E-state index contributed by atoms with van der Waals surface area (Å²) in [4.78, 5) is 39.0. The van der Waals surface area contributed by atoms with E-state index < -0.39 is 40.9 Å². The second kappa shape index (κ2) is 16.0. The predicted octanol–water partition coefficient (Wildman–Crippen LogP) is 8.85. The summed E-state index contributed by atoms with van der Waals surface area (Å²) in [5.41, 5.74) is 7.12. The monoisotopic (exact) mass is 730 g/mol. The summed E-state index contributed by atoms with van der Waals surface area (Å²) in [6.07, 6.45) is -0.446. The van der Waals surface area contributed by atoms with Crippen molar-refractivity contribution in [1.82, 2.24) is 20.3 Å². The number of ether oxygens (including phenoxy) is 1. The minimum atomic E-state index is -1.26. The van der Waals surface area contributed by atoms with Crippen molar-refractivity contribution in [3.05, 3.63) is 172 Å². The highest BCUT2D eigenvalue weighted by Crippen LogP contribution is 2.39. The van der Waals surface area contributed by atoms with Crippen molar-refractivity contribution in [2.75, 3.05) is 0 Å². The summed E-state index contributed by atoms with van der Waals surface area (Å²) in [6, 6.07) is 35.4. The zero-order valence-electron chi connectivity index (χ0n) is 31.0. The standard InChI is InChI=1S/C44H44F2N4O4/c1-29-25-38-39(26-30(29)2)50(28-31-21-22-35(45)36(46)27-31)40(47-38)24-23-37(48-42(52)53-43(3,4)5)41(51)49-54-44(32-15-9-6-10-16-32,33-17-11-7-12-18-33)34-19-13-8-14-20-34/h6-22,25-27,37H,23-24,28H2,1-5H3,(H,48,52)(H,49,51). The second-order valence-electron chi connectivity index (χ2n) is 14.4. The largest absolute Gasteiger partial charge is 0.444 e. The van der Waals surface area contributed by atoms with Gasteiger partial charge in [0.2, 0.25) is 0 Å². The van der Waals surface area contributed by atoms with Crippen LogP contribution in [0.4, 0.5) is 13.6 Å². The van der Waals surface area contributed by atoms with Crippen LogP contribution >= 0.6 is 0 Å². The average molecular weight is 731 g/mol. The summed E-state index contributed by atoms with van der Waals surface area (Å²) in [5, 5.41) is 2.75. The fraction of sp³-hybridized carbons (Fsp3) is 0.250. The molecule has 0 bridgehead atoms. The van der Waals surface area contributed by atoms with E-state index in [1.807, 2.05) is 122 Å². The molecule has 1 heterocycles. The van der Waals surface area contributed by atoms with Crippen molar-refractivity contribution in [3.63, 3.8) is 0 Å². The number of benzene rings is 5. The van der Waals surface area contributed by atoms with E-state index in [1.165, 1.54) is 12.1 Å². The minimum absolute atomic E-state index is 0.0997. The number of hydroxylamine groups is 1. The number of nitrogens with one attached hydrogen (secondary N) is 2. The Morgan fingerprint density at radius 3 is 1.85 bits per heavy atom. The Hall–Kier alpha value is -5.87. The maximum atomic E-state index is 14.3. The van der Waals surface area contributed by atoms with Gasteiger partial charge in [0.1, 0.15) is 17.5 Å². The van der Waals surface area contributed by atoms with Gasteiger partial charge in [0.15, 0.2) is 17.2 Å². The first-order valence-electron chi connectivity index (χ1n) is 17.9. The third kappa shape index (κ3) is 8.50. The van der Waals surface area contributed by atoms with E-state index in [0.29, 0.717) is 11.4 Å². The van der Waals surface area contributed by atoms with E-state index >= 15 is 0 Å². The molecule has 8 nitrogen and oxygen atoms in total. The summed E-state index contributed by atoms with van der Waals surface area (Å²) in [6.45, 7) is 9.41. The molecular formula is C44H44F2N4O4. The summed E-state index contributed by atoms with van der Waals surface area (Å²) < 4.78 is 35.6. The van der Waals surface area contributed by atoms with Crippen LogP contribution in [0.2, 0.25) is 0 Å². The molecule has 0 saturated heterocycles. The molecule has 0 spiro atoms. The number of carbonyl (C=O) groups is 2. The van der Waals surface area contributed by atoms with Crippen LogP contribution in [0.5, 0.6) is 0 Å². The highest BCUT2D eigenvalue weighted by atomic mass is 19.2. The molecule has 0 aliphatic carbocycles. The SMILES string of the molecule is Cc1cc2nc(CCC(NC(=O)OC(C)(C)C)C(=O)NOC(c3ccccc3)(c3ccccc3)c3ccccc3)n(Cc3ccc(F)c(F)c3)c2cc1C. The maximum Gasteiger partial charge on any atom is 0.408 e. The number of hydrogen-bond donors (Lipinski definition) is 2. The number of amides is 2. The minimum Gasteiger partial charge on any atom is -0.444 e. The molecule has 1 atom stereocenters. The lowest BCUT2D eigenvalue weighted by Gasteiger charge is -2.35. The highest BCUT2D eigenvalue weighted by molar-refractivity contribution is 5.85. The third-order valence-corrected chi connectivity index (χ3v) is 9.28. The van der Waals surface area contributed by atoms with Gasteiger partial charge in [-0.15, -0.1) is 0 Å². The van der Waals surface area contributed by atoms with Crippen LogP contribution in [0.25, 0.3) is 11.0 Å². The molecule has 6 rings (SSSR count). The third-order valence-electron chi connectivity index (χ3n) is 9.28. The normalized spacial score (nSPS) is 12.4. The van der Waals surface area contributed by atoms with Crippen LogP contribution in [0.1, 0.15) is 66.4 Å². The molecule has 54 heavy (non-hydrogen) atoms. The number of hydrogen-bond acceptors (Lipinski definition) is 5. The predicted molar refractivity (Wildman–Crippen MR) is 205 cm³/mol. The van der Waals surface area contributed by atoms with Crippen LogP contribution in [0.3, 0.4) is 0 Å². The highest BCUT2D eigenvalue weighted by Gasteiger charge is 2.40. The molecule has 6 aromatic rings. The first-order chi connectivity index (χ1) is 25.8. The molecule has 5 aromatic carbocycles. The number of imidazole rings is 1. The number of halogens is 2. The van der Waals surface area contributed by atoms with E-state index in [2.05, 4.69) is 10.8 Å². The number of fused-ring (bicyclic) bond motifs is 1. The summed E-state index contributed by atoms with van der Waals surface area (Å²) in [7, 11) is 0. The van der Waals surface area contributed by atoms with E-state index in [0.717, 1.165) is 44.9 Å². The van der Waals surface area contributed by atoms with Crippen LogP contribution in [-0.4, -0.2) is 33.2 Å². The van der Waals surface area contributed by atoms with E-state index in [-0.39, 0.29) is 19.4 Å². The summed E-state index contributed by atoms with van der Waals surface area (Å²) in [5.74, 6) is -1.89. The molecule has 0 aliphatic heterocycles. The zero-order chi connectivity index (χ0) is 38.5. The Kier molecular flexibility index (Phi) is 11.2. The van der Waals surface area contributed by atoms with Gasteiger partial charge in [0.05, 0.1) is 11.0 Å². The average Bonchev–Trinajstić information content (AvgIpc) is 3.47. The number of aromatic nitrogens is 2. The molecule has 2 N–H and O–H groups in total. The Morgan fingerprint density at radius 2 is 1.31 bits per heavy atom. The van der Waals surface area contributed by atoms with Gasteiger partial charge in [-0.1, -0.05) is 97.1 Å². The van der Waals surface area contributed by atoms with Gasteiger partial charge in [-0.2, -0.15) is 0 Å². The molecular weight excluding hydrogens is 687 g/mol. The quantitative estimate of drug-likeness (QED) is 0.0970. The number of nitrogens with zero attached hydrogens (tertiary/aromatic N) is 2. The van der Waals surface area contributed by atoms with Crippen LogP contribution in [0.15, 0.2) is 121 Å². The van der Waals surface area contributed by atoms with Crippen molar-refractivity contribution in [2.24, 2.45) is 0 Å². The Morgan fingerprint density at radius 1 is 0.759 bits per heavy atom. The van der Waals surface area contributed by atoms with Gasteiger partial charge in [0, 0.05) is 13.0 Å². The number of aryl methyl sites for hydroxylation is 3. The fourth-order valence-electron chi connectivity index (χ4n) is 6.50. The molecule has 0 aliphatic rings. The topological polar surface area (TPSA) is 94.5 Å². The van der Waals surface area contributed by atoms with Crippen molar-refractivity contribution < 1.29 is 27.9 Å². The van der Waals surface area contributed by atoms with Gasteiger partial charge in [-0.25, -0.2) is 24.0 Å². The Labute approximate surface area is 314 Å². The van der Waals surface area contributed by atoms with Crippen LogP contribution < -0.4 is 10.8 Å². The molecule has 0 saturated carbocycles. The molecule has 0 fully saturated rings. The van der Waals surface area contributed by atoms with Crippen LogP contribution in [-0.2, 0) is 32.9 Å². The Bertz CT molecular complexity index is 2140. The molecule has 1 aromatic heterocycles.